The maximum atomic E-state index is 9.23. The van der Waals surface area contributed by atoms with E-state index in [0.29, 0.717) is 13.6 Å². The Labute approximate surface area is 92.4 Å². The highest BCUT2D eigenvalue weighted by molar-refractivity contribution is 14.1. The van der Waals surface area contributed by atoms with Crippen molar-refractivity contribution in [2.24, 2.45) is 0 Å². The van der Waals surface area contributed by atoms with Crippen LogP contribution in [0.2, 0.25) is 15.1 Å². The number of phenolic OH excluding ortho intramolecular Hbond substituents is 1. The Hall–Kier alpha value is 0.620. The van der Waals surface area contributed by atoms with E-state index in [9.17, 15) is 5.11 Å². The molecule has 0 spiro atoms. The van der Waals surface area contributed by atoms with Crippen LogP contribution in [0.25, 0.3) is 0 Å². The van der Waals surface area contributed by atoms with Crippen LogP contribution < -0.4 is 0 Å². The molecule has 0 aliphatic heterocycles. The maximum absolute atomic E-state index is 9.23. The van der Waals surface area contributed by atoms with Gasteiger partial charge in [-0.15, -0.1) is 0 Å². The van der Waals surface area contributed by atoms with Gasteiger partial charge in [0, 0.05) is 0 Å². The normalized spacial score (nSPS) is 10.2. The molecule has 1 aromatic rings. The summed E-state index contributed by atoms with van der Waals surface area (Å²) in [6.07, 6.45) is 0. The Bertz CT molecular complexity index is 274. The number of halogens is 4. The van der Waals surface area contributed by atoms with Gasteiger partial charge in [0.15, 0.2) is 0 Å². The number of aromatic hydroxyl groups is 1. The van der Waals surface area contributed by atoms with Crippen LogP contribution in [0.5, 0.6) is 5.75 Å². The van der Waals surface area contributed by atoms with Crippen molar-refractivity contribution in [3.8, 4) is 5.75 Å². The fourth-order valence-corrected chi connectivity index (χ4v) is 2.06. The second-order valence-electron chi connectivity index (χ2n) is 1.82. The topological polar surface area (TPSA) is 20.2 Å². The Morgan fingerprint density at radius 3 is 2.27 bits per heavy atom. The summed E-state index contributed by atoms with van der Waals surface area (Å²) < 4.78 is 0.474. The first-order valence-electron chi connectivity index (χ1n) is 2.56. The molecule has 0 atom stereocenters. The van der Waals surface area contributed by atoms with Gasteiger partial charge >= 0.3 is 0 Å². The molecular formula is C6H2Cl3IO. The van der Waals surface area contributed by atoms with E-state index < -0.39 is 0 Å². The number of hydrogen-bond acceptors (Lipinski definition) is 1. The number of benzene rings is 1. The molecule has 0 bridgehead atoms. The standard InChI is InChI=1S/C6H2Cl3IO/c7-2-1-3(8)6(11)5(10)4(2)9/h1,11H. The first kappa shape index (κ1) is 9.71. The molecule has 1 nitrogen and oxygen atoms in total. The molecule has 0 saturated heterocycles. The molecule has 5 heteroatoms. The third kappa shape index (κ3) is 1.86. The second kappa shape index (κ2) is 3.56. The molecular weight excluding hydrogens is 321 g/mol. The van der Waals surface area contributed by atoms with Crippen molar-refractivity contribution in [3.63, 3.8) is 0 Å². The van der Waals surface area contributed by atoms with Crippen molar-refractivity contribution in [3.05, 3.63) is 24.7 Å². The molecule has 1 aromatic carbocycles. The molecule has 11 heavy (non-hydrogen) atoms. The third-order valence-electron chi connectivity index (χ3n) is 1.09. The minimum absolute atomic E-state index is 0.0262. The molecule has 1 rings (SSSR count). The number of phenols is 1. The van der Waals surface area contributed by atoms with Gasteiger partial charge in [0.2, 0.25) is 0 Å². The molecule has 0 aliphatic carbocycles. The number of hydrogen-bond donors (Lipinski definition) is 1. The largest absolute Gasteiger partial charge is 0.505 e. The summed E-state index contributed by atoms with van der Waals surface area (Å²) in [5.41, 5.74) is 0. The molecule has 1 N–H and O–H groups in total. The van der Waals surface area contributed by atoms with Crippen LogP contribution in [-0.2, 0) is 0 Å². The summed E-state index contributed by atoms with van der Waals surface area (Å²) in [5, 5.41) is 10.1. The zero-order valence-electron chi connectivity index (χ0n) is 5.04. The smallest absolute Gasteiger partial charge is 0.149 e. The zero-order chi connectivity index (χ0) is 8.59. The van der Waals surface area contributed by atoms with Gasteiger partial charge in [0.1, 0.15) is 5.75 Å². The van der Waals surface area contributed by atoms with Gasteiger partial charge in [-0.05, 0) is 28.7 Å². The van der Waals surface area contributed by atoms with Crippen LogP contribution in [0.15, 0.2) is 6.07 Å². The SMILES string of the molecule is Oc1c(Cl)cc(Cl)c(Cl)c1I. The molecule has 0 fully saturated rings. The first-order chi connectivity index (χ1) is 5.04. The summed E-state index contributed by atoms with van der Waals surface area (Å²) in [6.45, 7) is 0. The van der Waals surface area contributed by atoms with Gasteiger partial charge in [-0.1, -0.05) is 34.8 Å². The van der Waals surface area contributed by atoms with Crippen LogP contribution in [0.4, 0.5) is 0 Å². The van der Waals surface area contributed by atoms with Crippen LogP contribution in [0.3, 0.4) is 0 Å². The van der Waals surface area contributed by atoms with E-state index in [1.54, 1.807) is 0 Å². The molecule has 0 radical (unpaired) electrons. The summed E-state index contributed by atoms with van der Waals surface area (Å²) >= 11 is 18.8. The van der Waals surface area contributed by atoms with Crippen LogP contribution in [0.1, 0.15) is 0 Å². The van der Waals surface area contributed by atoms with E-state index >= 15 is 0 Å². The second-order valence-corrected chi connectivity index (χ2v) is 4.09. The summed E-state index contributed by atoms with van der Waals surface area (Å²) in [4.78, 5) is 0. The lowest BCUT2D eigenvalue weighted by Gasteiger charge is -2.03. The highest BCUT2D eigenvalue weighted by Gasteiger charge is 2.11. The van der Waals surface area contributed by atoms with Gasteiger partial charge in [-0.3, -0.25) is 0 Å². The first-order valence-corrected chi connectivity index (χ1v) is 4.77. The van der Waals surface area contributed by atoms with E-state index in [1.807, 2.05) is 22.6 Å². The quantitative estimate of drug-likeness (QED) is 0.435. The van der Waals surface area contributed by atoms with Crippen molar-refractivity contribution >= 4 is 57.4 Å². The Kier molecular flexibility index (Phi) is 3.14. The van der Waals surface area contributed by atoms with E-state index in [-0.39, 0.29) is 10.8 Å². The molecule has 60 valence electrons. The minimum atomic E-state index is -0.0262. The fraction of sp³-hybridized carbons (Fsp3) is 0. The molecule has 0 aromatic heterocycles. The molecule has 0 unspecified atom stereocenters. The van der Waals surface area contributed by atoms with Gasteiger partial charge < -0.3 is 5.11 Å². The summed E-state index contributed by atoms with van der Waals surface area (Å²) in [6, 6.07) is 1.41. The predicted octanol–water partition coefficient (Wildman–Crippen LogP) is 3.96. The fourth-order valence-electron chi connectivity index (χ4n) is 0.557. The Balaban J connectivity index is 3.46. The Morgan fingerprint density at radius 2 is 1.73 bits per heavy atom. The van der Waals surface area contributed by atoms with E-state index in [1.165, 1.54) is 6.07 Å². The molecule has 0 saturated carbocycles. The molecule has 0 amide bonds. The lowest BCUT2D eigenvalue weighted by Crippen LogP contribution is -1.79. The maximum Gasteiger partial charge on any atom is 0.149 e. The molecule has 0 heterocycles. The van der Waals surface area contributed by atoms with E-state index in [2.05, 4.69) is 0 Å². The lowest BCUT2D eigenvalue weighted by molar-refractivity contribution is 0.472. The van der Waals surface area contributed by atoms with Crippen molar-refractivity contribution in [1.29, 1.82) is 0 Å². The monoisotopic (exact) mass is 322 g/mol. The van der Waals surface area contributed by atoms with Gasteiger partial charge in [0.25, 0.3) is 0 Å². The van der Waals surface area contributed by atoms with Crippen molar-refractivity contribution in [2.45, 2.75) is 0 Å². The summed E-state index contributed by atoms with van der Waals surface area (Å²) in [7, 11) is 0. The van der Waals surface area contributed by atoms with Crippen LogP contribution in [-0.4, -0.2) is 5.11 Å². The number of rotatable bonds is 0. The minimum Gasteiger partial charge on any atom is -0.505 e. The molecule has 0 aliphatic rings. The van der Waals surface area contributed by atoms with Crippen molar-refractivity contribution in [2.75, 3.05) is 0 Å². The highest BCUT2D eigenvalue weighted by atomic mass is 127. The van der Waals surface area contributed by atoms with Gasteiger partial charge in [-0.2, -0.15) is 0 Å². The van der Waals surface area contributed by atoms with Gasteiger partial charge in [0.05, 0.1) is 18.6 Å². The zero-order valence-corrected chi connectivity index (χ0v) is 9.46. The van der Waals surface area contributed by atoms with Crippen molar-refractivity contribution in [1.82, 2.24) is 0 Å². The van der Waals surface area contributed by atoms with Crippen LogP contribution in [0, 0.1) is 3.57 Å². The van der Waals surface area contributed by atoms with E-state index in [0.717, 1.165) is 0 Å². The van der Waals surface area contributed by atoms with E-state index in [4.69, 9.17) is 34.8 Å². The van der Waals surface area contributed by atoms with Crippen LogP contribution >= 0.6 is 57.4 Å². The summed E-state index contributed by atoms with van der Waals surface area (Å²) in [5.74, 6) is -0.0262. The highest BCUT2D eigenvalue weighted by Crippen LogP contribution is 2.38. The average Bonchev–Trinajstić information content (AvgIpc) is 1.97. The Morgan fingerprint density at radius 1 is 1.18 bits per heavy atom. The average molecular weight is 323 g/mol. The van der Waals surface area contributed by atoms with Gasteiger partial charge in [-0.25, -0.2) is 0 Å². The third-order valence-corrected chi connectivity index (χ3v) is 3.53. The van der Waals surface area contributed by atoms with Crippen molar-refractivity contribution < 1.29 is 5.11 Å². The lowest BCUT2D eigenvalue weighted by atomic mass is 10.3. The predicted molar refractivity (Wildman–Crippen MR) is 55.9 cm³/mol.